The summed E-state index contributed by atoms with van der Waals surface area (Å²) < 4.78 is 29.3. The molecule has 0 aromatic rings. The molecule has 0 aliphatic heterocycles. The fourth-order valence-electron chi connectivity index (χ4n) is 2.01. The van der Waals surface area contributed by atoms with Crippen molar-refractivity contribution in [2.24, 2.45) is 5.92 Å². The molecule has 0 heterocycles. The summed E-state index contributed by atoms with van der Waals surface area (Å²) in [5.41, 5.74) is -0.510. The molecule has 1 rings (SSSR count). The van der Waals surface area contributed by atoms with Crippen molar-refractivity contribution < 1.29 is 13.3 Å². The molecule has 0 bridgehead atoms. The van der Waals surface area contributed by atoms with Crippen LogP contribution in [0, 0.1) is 5.92 Å². The summed E-state index contributed by atoms with van der Waals surface area (Å²) in [5, 5.41) is 0. The maximum atomic E-state index is 13.2. The normalized spacial score (nSPS) is 22.1. The first-order valence-corrected chi connectivity index (χ1v) is 7.55. The predicted molar refractivity (Wildman–Crippen MR) is 61.0 cm³/mol. The van der Waals surface area contributed by atoms with E-state index in [0.29, 0.717) is 6.61 Å². The lowest BCUT2D eigenvalue weighted by Crippen LogP contribution is -2.01. The Kier molecular flexibility index (Phi) is 5.28. The van der Waals surface area contributed by atoms with E-state index in [2.05, 4.69) is 0 Å². The smallest absolute Gasteiger partial charge is 0.305 e. The lowest BCUT2D eigenvalue weighted by atomic mass is 10.0. The van der Waals surface area contributed by atoms with E-state index in [1.807, 2.05) is 0 Å². The second-order valence-electron chi connectivity index (χ2n) is 4.74. The van der Waals surface area contributed by atoms with E-state index in [1.54, 1.807) is 13.8 Å². The minimum absolute atomic E-state index is 0.308. The van der Waals surface area contributed by atoms with Gasteiger partial charge in [-0.05, 0) is 18.8 Å². The summed E-state index contributed by atoms with van der Waals surface area (Å²) in [4.78, 5) is 0. The lowest BCUT2D eigenvalue weighted by Gasteiger charge is -2.14. The van der Waals surface area contributed by atoms with E-state index in [4.69, 9.17) is 4.52 Å². The monoisotopic (exact) mass is 236 g/mol. The van der Waals surface area contributed by atoms with Crippen molar-refractivity contribution in [2.45, 2.75) is 58.0 Å². The first kappa shape index (κ1) is 13.2. The van der Waals surface area contributed by atoms with Gasteiger partial charge in [0.15, 0.2) is 0 Å². The van der Waals surface area contributed by atoms with Crippen molar-refractivity contribution in [3.8, 4) is 0 Å². The summed E-state index contributed by atoms with van der Waals surface area (Å²) in [6.45, 7) is 3.50. The van der Waals surface area contributed by atoms with Crippen molar-refractivity contribution in [2.75, 3.05) is 6.61 Å². The predicted octanol–water partition coefficient (Wildman–Crippen LogP) is 4.54. The summed E-state index contributed by atoms with van der Waals surface area (Å²) in [6, 6.07) is 0. The fraction of sp³-hybridized carbons (Fsp3) is 1.00. The molecule has 0 aromatic heterocycles. The van der Waals surface area contributed by atoms with E-state index < -0.39 is 13.3 Å². The highest BCUT2D eigenvalue weighted by molar-refractivity contribution is 7.54. The zero-order valence-corrected chi connectivity index (χ0v) is 10.6. The van der Waals surface area contributed by atoms with Crippen LogP contribution in [0.5, 0.6) is 0 Å². The van der Waals surface area contributed by atoms with Crippen LogP contribution >= 0.6 is 7.68 Å². The fourth-order valence-corrected chi connectivity index (χ4v) is 2.69. The van der Waals surface area contributed by atoms with E-state index in [1.165, 1.54) is 25.7 Å². The first-order valence-electron chi connectivity index (χ1n) is 5.96. The summed E-state index contributed by atoms with van der Waals surface area (Å²) in [7, 11) is -3.83. The molecule has 1 unspecified atom stereocenters. The Balaban J connectivity index is 2.08. The molecule has 1 atom stereocenters. The van der Waals surface area contributed by atoms with Gasteiger partial charge in [0.05, 0.1) is 12.3 Å². The first-order chi connectivity index (χ1) is 7.02. The molecule has 2 nitrogen and oxygen atoms in total. The van der Waals surface area contributed by atoms with Crippen LogP contribution in [0.15, 0.2) is 0 Å². The molecule has 90 valence electrons. The topological polar surface area (TPSA) is 26.3 Å². The van der Waals surface area contributed by atoms with Crippen molar-refractivity contribution in [3.05, 3.63) is 0 Å². The van der Waals surface area contributed by atoms with Gasteiger partial charge >= 0.3 is 7.68 Å². The molecule has 0 radical (unpaired) electrons. The molecule has 15 heavy (non-hydrogen) atoms. The zero-order valence-electron chi connectivity index (χ0n) is 9.75. The molecule has 1 saturated carbocycles. The van der Waals surface area contributed by atoms with Gasteiger partial charge < -0.3 is 4.52 Å². The summed E-state index contributed by atoms with van der Waals surface area (Å²) in [6.07, 6.45) is 7.20. The van der Waals surface area contributed by atoms with E-state index >= 15 is 0 Å². The zero-order chi connectivity index (χ0) is 11.3. The second kappa shape index (κ2) is 6.00. The molecule has 0 saturated heterocycles. The van der Waals surface area contributed by atoms with Gasteiger partial charge in [-0.3, -0.25) is 4.57 Å². The average molecular weight is 236 g/mol. The highest BCUT2D eigenvalue weighted by atomic mass is 31.2. The van der Waals surface area contributed by atoms with Gasteiger partial charge in [-0.1, -0.05) is 39.5 Å². The minimum Gasteiger partial charge on any atom is -0.305 e. The van der Waals surface area contributed by atoms with Gasteiger partial charge in [0, 0.05) is 0 Å². The van der Waals surface area contributed by atoms with E-state index in [-0.39, 0.29) is 0 Å². The number of rotatable bonds is 6. The number of halogens is 1. The maximum absolute atomic E-state index is 13.2. The second-order valence-corrected chi connectivity index (χ2v) is 7.07. The largest absolute Gasteiger partial charge is 0.369 e. The van der Waals surface area contributed by atoms with E-state index in [9.17, 15) is 8.76 Å². The molecular formula is C11H22FO2P. The van der Waals surface area contributed by atoms with Gasteiger partial charge in [0.1, 0.15) is 0 Å². The third kappa shape index (κ3) is 4.65. The van der Waals surface area contributed by atoms with Crippen LogP contribution < -0.4 is 0 Å². The van der Waals surface area contributed by atoms with Gasteiger partial charge in [0.2, 0.25) is 0 Å². The van der Waals surface area contributed by atoms with Crippen molar-refractivity contribution in [3.63, 3.8) is 0 Å². The van der Waals surface area contributed by atoms with Crippen LogP contribution in [0.2, 0.25) is 0 Å². The van der Waals surface area contributed by atoms with Crippen LogP contribution in [0.3, 0.4) is 0 Å². The molecular weight excluding hydrogens is 214 g/mol. The average Bonchev–Trinajstić information content (AvgIpc) is 2.64. The molecule has 0 N–H and O–H groups in total. The molecule has 1 aliphatic carbocycles. The number of hydrogen-bond donors (Lipinski definition) is 0. The Morgan fingerprint density at radius 3 is 2.53 bits per heavy atom. The quantitative estimate of drug-likeness (QED) is 0.499. The van der Waals surface area contributed by atoms with Crippen molar-refractivity contribution in [1.82, 2.24) is 0 Å². The molecule has 1 aliphatic rings. The SMILES string of the molecule is CC(C)P(=O)(F)OCCCC1CCCC1. The highest BCUT2D eigenvalue weighted by Gasteiger charge is 2.26. The molecule has 0 amide bonds. The molecule has 0 aromatic carbocycles. The molecule has 1 fully saturated rings. The lowest BCUT2D eigenvalue weighted by molar-refractivity contribution is 0.265. The van der Waals surface area contributed by atoms with Gasteiger partial charge in [-0.25, -0.2) is 0 Å². The van der Waals surface area contributed by atoms with Crippen LogP contribution in [-0.4, -0.2) is 12.3 Å². The third-order valence-electron chi connectivity index (χ3n) is 3.12. The Morgan fingerprint density at radius 2 is 2.00 bits per heavy atom. The standard InChI is InChI=1S/C11H22FO2P/c1-10(2)15(12,13)14-9-5-8-11-6-3-4-7-11/h10-11H,3-9H2,1-2H3. The Hall–Kier alpha value is 0.120. The Morgan fingerprint density at radius 1 is 1.40 bits per heavy atom. The highest BCUT2D eigenvalue weighted by Crippen LogP contribution is 2.53. The van der Waals surface area contributed by atoms with Crippen LogP contribution in [0.4, 0.5) is 4.20 Å². The van der Waals surface area contributed by atoms with Crippen LogP contribution in [0.1, 0.15) is 52.4 Å². The number of hydrogen-bond acceptors (Lipinski definition) is 2. The van der Waals surface area contributed by atoms with E-state index in [0.717, 1.165) is 18.8 Å². The molecule has 4 heteroatoms. The molecule has 0 spiro atoms. The van der Waals surface area contributed by atoms with Crippen molar-refractivity contribution >= 4 is 7.68 Å². The van der Waals surface area contributed by atoms with Crippen LogP contribution in [0.25, 0.3) is 0 Å². The van der Waals surface area contributed by atoms with Crippen LogP contribution in [-0.2, 0) is 9.09 Å². The summed E-state index contributed by atoms with van der Waals surface area (Å²) in [5.74, 6) is 0.798. The van der Waals surface area contributed by atoms with Gasteiger partial charge in [0.25, 0.3) is 0 Å². The van der Waals surface area contributed by atoms with Gasteiger partial charge in [-0.15, -0.1) is 0 Å². The Labute approximate surface area is 92.2 Å². The minimum atomic E-state index is -3.83. The third-order valence-corrected chi connectivity index (χ3v) is 4.88. The Bertz CT molecular complexity index is 225. The van der Waals surface area contributed by atoms with Gasteiger partial charge in [-0.2, -0.15) is 4.20 Å². The summed E-state index contributed by atoms with van der Waals surface area (Å²) >= 11 is 0. The maximum Gasteiger partial charge on any atom is 0.369 e. The van der Waals surface area contributed by atoms with Crippen molar-refractivity contribution in [1.29, 1.82) is 0 Å².